The van der Waals surface area contributed by atoms with Gasteiger partial charge in [0.25, 0.3) is 0 Å². The van der Waals surface area contributed by atoms with Crippen LogP contribution in [0.1, 0.15) is 24.6 Å². The van der Waals surface area contributed by atoms with Gasteiger partial charge in [-0.1, -0.05) is 30.3 Å². The van der Waals surface area contributed by atoms with E-state index in [1.165, 1.54) is 0 Å². The first kappa shape index (κ1) is 12.8. The van der Waals surface area contributed by atoms with Gasteiger partial charge < -0.3 is 4.42 Å². The second-order valence-corrected chi connectivity index (χ2v) is 4.96. The molecule has 5 nitrogen and oxygen atoms in total. The van der Waals surface area contributed by atoms with Gasteiger partial charge in [0.1, 0.15) is 11.8 Å². The molecule has 0 aliphatic carbocycles. The molecule has 2 aromatic heterocycles. The average Bonchev–Trinajstić information content (AvgIpc) is 3.05. The SMILES string of the molecule is Cc1cnc(C(C)n2c(-c3ccccc3)n[nH]c2=S)o1. The lowest BCUT2D eigenvalue weighted by Crippen LogP contribution is -2.09. The van der Waals surface area contributed by atoms with Crippen molar-refractivity contribution in [1.29, 1.82) is 0 Å². The summed E-state index contributed by atoms with van der Waals surface area (Å²) in [5.41, 5.74) is 0.995. The van der Waals surface area contributed by atoms with E-state index in [4.69, 9.17) is 16.6 Å². The molecular weight excluding hydrogens is 272 g/mol. The number of aryl methyl sites for hydroxylation is 1. The molecule has 0 bridgehead atoms. The van der Waals surface area contributed by atoms with E-state index in [-0.39, 0.29) is 6.04 Å². The third-order valence-corrected chi connectivity index (χ3v) is 3.41. The van der Waals surface area contributed by atoms with Gasteiger partial charge in [0, 0.05) is 5.56 Å². The van der Waals surface area contributed by atoms with Crippen LogP contribution in [-0.2, 0) is 0 Å². The number of aromatic nitrogens is 4. The van der Waals surface area contributed by atoms with Gasteiger partial charge in [0.15, 0.2) is 10.6 Å². The van der Waals surface area contributed by atoms with Gasteiger partial charge in [0.2, 0.25) is 5.89 Å². The molecule has 1 N–H and O–H groups in total. The lowest BCUT2D eigenvalue weighted by molar-refractivity contribution is 0.414. The molecule has 0 saturated heterocycles. The smallest absolute Gasteiger partial charge is 0.217 e. The second-order valence-electron chi connectivity index (χ2n) is 4.57. The minimum absolute atomic E-state index is 0.120. The van der Waals surface area contributed by atoms with Gasteiger partial charge in [-0.25, -0.2) is 4.98 Å². The summed E-state index contributed by atoms with van der Waals surface area (Å²) < 4.78 is 8.06. The van der Waals surface area contributed by atoms with Crippen molar-refractivity contribution in [3.63, 3.8) is 0 Å². The quantitative estimate of drug-likeness (QED) is 0.748. The molecule has 0 aliphatic rings. The summed E-state index contributed by atoms with van der Waals surface area (Å²) in [6.45, 7) is 3.86. The van der Waals surface area contributed by atoms with E-state index in [1.807, 2.05) is 48.7 Å². The van der Waals surface area contributed by atoms with E-state index in [0.29, 0.717) is 10.7 Å². The van der Waals surface area contributed by atoms with Crippen LogP contribution in [0.5, 0.6) is 0 Å². The Hall–Kier alpha value is -2.21. The summed E-state index contributed by atoms with van der Waals surface area (Å²) in [5, 5.41) is 7.16. The summed E-state index contributed by atoms with van der Waals surface area (Å²) in [5.74, 6) is 2.18. The van der Waals surface area contributed by atoms with Gasteiger partial charge >= 0.3 is 0 Å². The van der Waals surface area contributed by atoms with Crippen LogP contribution < -0.4 is 0 Å². The Morgan fingerprint density at radius 2 is 2.05 bits per heavy atom. The van der Waals surface area contributed by atoms with Crippen molar-refractivity contribution in [2.45, 2.75) is 19.9 Å². The normalized spacial score (nSPS) is 12.5. The maximum atomic E-state index is 5.60. The molecule has 3 aromatic rings. The Bertz CT molecular complexity index is 772. The molecule has 0 amide bonds. The maximum absolute atomic E-state index is 5.60. The Morgan fingerprint density at radius 1 is 1.30 bits per heavy atom. The first-order chi connectivity index (χ1) is 9.66. The third kappa shape index (κ3) is 2.18. The zero-order valence-electron chi connectivity index (χ0n) is 11.2. The summed E-state index contributed by atoms with van der Waals surface area (Å²) in [6, 6.07) is 9.78. The van der Waals surface area contributed by atoms with Crippen molar-refractivity contribution in [3.8, 4) is 11.4 Å². The fourth-order valence-electron chi connectivity index (χ4n) is 2.13. The van der Waals surface area contributed by atoms with Crippen LogP contribution in [0.4, 0.5) is 0 Å². The Morgan fingerprint density at radius 3 is 2.70 bits per heavy atom. The molecular formula is C14H14N4OS. The fraction of sp³-hybridized carbons (Fsp3) is 0.214. The monoisotopic (exact) mass is 286 g/mol. The van der Waals surface area contributed by atoms with E-state index in [9.17, 15) is 0 Å². The van der Waals surface area contributed by atoms with E-state index in [0.717, 1.165) is 17.1 Å². The Labute approximate surface area is 121 Å². The number of hydrogen-bond donors (Lipinski definition) is 1. The van der Waals surface area contributed by atoms with E-state index in [1.54, 1.807) is 6.20 Å². The predicted molar refractivity (Wildman–Crippen MR) is 77.9 cm³/mol. The highest BCUT2D eigenvalue weighted by molar-refractivity contribution is 7.71. The van der Waals surface area contributed by atoms with Crippen molar-refractivity contribution < 1.29 is 4.42 Å². The van der Waals surface area contributed by atoms with Crippen molar-refractivity contribution in [3.05, 3.63) is 53.0 Å². The number of rotatable bonds is 3. The third-order valence-electron chi connectivity index (χ3n) is 3.12. The van der Waals surface area contributed by atoms with Gasteiger partial charge in [-0.2, -0.15) is 5.10 Å². The average molecular weight is 286 g/mol. The molecule has 0 fully saturated rings. The van der Waals surface area contributed by atoms with Gasteiger partial charge in [-0.15, -0.1) is 0 Å². The van der Waals surface area contributed by atoms with Gasteiger partial charge in [-0.05, 0) is 26.1 Å². The summed E-state index contributed by atoms with van der Waals surface area (Å²) in [7, 11) is 0. The van der Waals surface area contributed by atoms with Crippen LogP contribution in [0, 0.1) is 11.7 Å². The number of aromatic amines is 1. The molecule has 1 atom stereocenters. The highest BCUT2D eigenvalue weighted by Crippen LogP contribution is 2.25. The van der Waals surface area contributed by atoms with Crippen molar-refractivity contribution >= 4 is 12.2 Å². The molecule has 20 heavy (non-hydrogen) atoms. The van der Waals surface area contributed by atoms with Gasteiger partial charge in [0.05, 0.1) is 6.20 Å². The zero-order chi connectivity index (χ0) is 14.1. The first-order valence-electron chi connectivity index (χ1n) is 6.31. The number of oxazole rings is 1. The van der Waals surface area contributed by atoms with Crippen molar-refractivity contribution in [1.82, 2.24) is 19.7 Å². The lowest BCUT2D eigenvalue weighted by Gasteiger charge is -2.12. The summed E-state index contributed by atoms with van der Waals surface area (Å²) >= 11 is 5.33. The molecule has 0 radical (unpaired) electrons. The number of benzene rings is 1. The van der Waals surface area contributed by atoms with Crippen molar-refractivity contribution in [2.75, 3.05) is 0 Å². The Balaban J connectivity index is 2.10. The molecule has 3 rings (SSSR count). The molecule has 2 heterocycles. The largest absolute Gasteiger partial charge is 0.444 e. The van der Waals surface area contributed by atoms with Crippen LogP contribution >= 0.6 is 12.2 Å². The molecule has 102 valence electrons. The number of nitrogens with one attached hydrogen (secondary N) is 1. The molecule has 0 aliphatic heterocycles. The Kier molecular flexibility index (Phi) is 3.23. The lowest BCUT2D eigenvalue weighted by atomic mass is 10.2. The maximum Gasteiger partial charge on any atom is 0.217 e. The van der Waals surface area contributed by atoms with Crippen molar-refractivity contribution in [2.24, 2.45) is 0 Å². The number of nitrogens with zero attached hydrogens (tertiary/aromatic N) is 3. The number of H-pyrrole nitrogens is 1. The molecule has 0 spiro atoms. The van der Waals surface area contributed by atoms with Crippen LogP contribution in [0.25, 0.3) is 11.4 Å². The molecule has 1 unspecified atom stereocenters. The molecule has 1 aromatic carbocycles. The standard InChI is InChI=1S/C14H14N4OS/c1-9-8-15-13(19-9)10(2)18-12(16-17-14(18)20)11-6-4-3-5-7-11/h3-8,10H,1-2H3,(H,17,20). The minimum Gasteiger partial charge on any atom is -0.444 e. The first-order valence-corrected chi connectivity index (χ1v) is 6.72. The fourth-order valence-corrected chi connectivity index (χ4v) is 2.42. The summed E-state index contributed by atoms with van der Waals surface area (Å²) in [6.07, 6.45) is 1.71. The van der Waals surface area contributed by atoms with Crippen LogP contribution in [0.2, 0.25) is 0 Å². The predicted octanol–water partition coefficient (Wildman–Crippen LogP) is 3.51. The number of hydrogen-bond acceptors (Lipinski definition) is 4. The summed E-state index contributed by atoms with van der Waals surface area (Å²) in [4.78, 5) is 4.27. The molecule has 6 heteroatoms. The minimum atomic E-state index is -0.120. The van der Waals surface area contributed by atoms with Crippen LogP contribution in [0.15, 0.2) is 40.9 Å². The van der Waals surface area contributed by atoms with E-state index < -0.39 is 0 Å². The highest BCUT2D eigenvalue weighted by atomic mass is 32.1. The highest BCUT2D eigenvalue weighted by Gasteiger charge is 2.19. The van der Waals surface area contributed by atoms with Crippen LogP contribution in [-0.4, -0.2) is 19.7 Å². The van der Waals surface area contributed by atoms with Gasteiger partial charge in [-0.3, -0.25) is 9.67 Å². The molecule has 0 saturated carbocycles. The van der Waals surface area contributed by atoms with Crippen LogP contribution in [0.3, 0.4) is 0 Å². The topological polar surface area (TPSA) is 59.6 Å². The zero-order valence-corrected chi connectivity index (χ0v) is 12.0. The van der Waals surface area contributed by atoms with E-state index in [2.05, 4.69) is 15.2 Å². The second kappa shape index (κ2) is 5.05. The van der Waals surface area contributed by atoms with E-state index >= 15 is 0 Å².